The van der Waals surface area contributed by atoms with E-state index in [1.165, 1.54) is 25.3 Å². The van der Waals surface area contributed by atoms with Crippen molar-refractivity contribution in [3.8, 4) is 11.5 Å². The number of aliphatic hydroxyl groups excluding tert-OH is 1. The molecule has 0 unspecified atom stereocenters. The van der Waals surface area contributed by atoms with Crippen molar-refractivity contribution in [2.24, 2.45) is 0 Å². The van der Waals surface area contributed by atoms with Crippen molar-refractivity contribution in [1.29, 1.82) is 0 Å². The summed E-state index contributed by atoms with van der Waals surface area (Å²) in [7, 11) is 1.29. The minimum Gasteiger partial charge on any atom is -0.506 e. The summed E-state index contributed by atoms with van der Waals surface area (Å²) in [6, 6.07) is 1.23. The normalized spacial score (nSPS) is 11.3. The third kappa shape index (κ3) is 4.43. The Morgan fingerprint density at radius 2 is 1.96 bits per heavy atom. The number of methoxy groups -OCH3 is 1. The van der Waals surface area contributed by atoms with Crippen molar-refractivity contribution >= 4 is 11.8 Å². The molecule has 0 fully saturated rings. The van der Waals surface area contributed by atoms with Crippen molar-refractivity contribution in [1.82, 2.24) is 0 Å². The van der Waals surface area contributed by atoms with Crippen LogP contribution in [0.1, 0.15) is 46.0 Å². The van der Waals surface area contributed by atoms with E-state index in [4.69, 9.17) is 9.84 Å². The van der Waals surface area contributed by atoms with E-state index in [1.54, 1.807) is 6.08 Å². The zero-order chi connectivity index (χ0) is 17.4. The molecule has 0 aromatic heterocycles. The van der Waals surface area contributed by atoms with Gasteiger partial charge in [-0.3, -0.25) is 4.79 Å². The summed E-state index contributed by atoms with van der Waals surface area (Å²) in [4.78, 5) is 23.5. The van der Waals surface area contributed by atoms with Crippen LogP contribution in [0.2, 0.25) is 0 Å². The maximum atomic E-state index is 12.2. The predicted octanol–water partition coefficient (Wildman–Crippen LogP) is 2.69. The molecule has 0 aliphatic rings. The van der Waals surface area contributed by atoms with Crippen LogP contribution in [0, 0.1) is 0 Å². The van der Waals surface area contributed by atoms with Crippen molar-refractivity contribution < 1.29 is 29.6 Å². The fourth-order valence-electron chi connectivity index (χ4n) is 2.03. The van der Waals surface area contributed by atoms with Crippen molar-refractivity contribution in [3.63, 3.8) is 0 Å². The number of rotatable bonds is 8. The number of aromatic hydroxyl groups is 1. The molecule has 0 radical (unpaired) electrons. The fourth-order valence-corrected chi connectivity index (χ4v) is 2.03. The Hall–Kier alpha value is -2.60. The second-order valence-corrected chi connectivity index (χ2v) is 4.74. The molecule has 0 amide bonds. The minimum absolute atomic E-state index is 0.00346. The van der Waals surface area contributed by atoms with Gasteiger partial charge in [-0.05, 0) is 24.1 Å². The van der Waals surface area contributed by atoms with Gasteiger partial charge in [0.05, 0.1) is 13.7 Å². The Bertz CT molecular complexity index is 643. The zero-order valence-corrected chi connectivity index (χ0v) is 13.1. The average molecular weight is 320 g/mol. The summed E-state index contributed by atoms with van der Waals surface area (Å²) in [5, 5.41) is 28.5. The van der Waals surface area contributed by atoms with Gasteiger partial charge in [0.1, 0.15) is 22.6 Å². The molecule has 0 saturated carbocycles. The van der Waals surface area contributed by atoms with Gasteiger partial charge in [0, 0.05) is 0 Å². The molecule has 0 spiro atoms. The highest BCUT2D eigenvalue weighted by Crippen LogP contribution is 2.35. The Labute approximate surface area is 134 Å². The first-order valence-corrected chi connectivity index (χ1v) is 7.12. The first kappa shape index (κ1) is 18.4. The summed E-state index contributed by atoms with van der Waals surface area (Å²) in [5.74, 6) is -2.74. The molecule has 0 atom stereocenters. The number of aliphatic hydroxyl groups is 1. The standard InChI is InChI=1S/C17H20O6/c1-3-4-5-6-7-8-12(19)15-13(23-2)9-11(10-18)14(16(15)20)17(21)22/h5-9,18,20H,3-4,10H2,1-2H3,(H,21,22). The second-order valence-electron chi connectivity index (χ2n) is 4.74. The van der Waals surface area contributed by atoms with Gasteiger partial charge in [-0.2, -0.15) is 0 Å². The van der Waals surface area contributed by atoms with Crippen molar-refractivity contribution in [2.45, 2.75) is 26.4 Å². The first-order chi connectivity index (χ1) is 11.0. The van der Waals surface area contributed by atoms with Gasteiger partial charge in [-0.15, -0.1) is 0 Å². The van der Waals surface area contributed by atoms with Gasteiger partial charge in [-0.1, -0.05) is 31.6 Å². The lowest BCUT2D eigenvalue weighted by molar-refractivity contribution is 0.0690. The van der Waals surface area contributed by atoms with Crippen LogP contribution in [0.3, 0.4) is 0 Å². The van der Waals surface area contributed by atoms with E-state index in [0.29, 0.717) is 0 Å². The number of phenols is 1. The van der Waals surface area contributed by atoms with Gasteiger partial charge in [0.25, 0.3) is 0 Å². The topological polar surface area (TPSA) is 104 Å². The van der Waals surface area contributed by atoms with Gasteiger partial charge in [-0.25, -0.2) is 4.79 Å². The summed E-state index contributed by atoms with van der Waals surface area (Å²) in [6.07, 6.45) is 8.17. The number of aromatic carboxylic acids is 1. The highest BCUT2D eigenvalue weighted by atomic mass is 16.5. The van der Waals surface area contributed by atoms with Gasteiger partial charge < -0.3 is 20.1 Å². The van der Waals surface area contributed by atoms with Crippen molar-refractivity contribution in [3.05, 3.63) is 47.1 Å². The maximum absolute atomic E-state index is 12.2. The van der Waals surface area contributed by atoms with Crippen LogP contribution in [-0.4, -0.2) is 34.2 Å². The van der Waals surface area contributed by atoms with E-state index in [2.05, 4.69) is 0 Å². The summed E-state index contributed by atoms with van der Waals surface area (Å²) in [5.41, 5.74) is -0.788. The first-order valence-electron chi connectivity index (χ1n) is 7.12. The number of carbonyl (C=O) groups excluding carboxylic acids is 1. The SMILES string of the molecule is CCCC=CC=CC(=O)c1c(OC)cc(CO)c(C(=O)O)c1O. The third-order valence-corrected chi connectivity index (χ3v) is 3.15. The number of carboxylic acids is 1. The van der Waals surface area contributed by atoms with Crippen LogP contribution >= 0.6 is 0 Å². The van der Waals surface area contributed by atoms with Crippen LogP contribution < -0.4 is 4.74 Å². The number of ether oxygens (including phenoxy) is 1. The quantitative estimate of drug-likeness (QED) is 0.386. The monoisotopic (exact) mass is 320 g/mol. The number of ketones is 1. The fraction of sp³-hybridized carbons (Fsp3) is 0.294. The number of hydrogen-bond acceptors (Lipinski definition) is 5. The maximum Gasteiger partial charge on any atom is 0.339 e. The molecule has 3 N–H and O–H groups in total. The smallest absolute Gasteiger partial charge is 0.339 e. The summed E-state index contributed by atoms with van der Waals surface area (Å²) >= 11 is 0. The summed E-state index contributed by atoms with van der Waals surface area (Å²) < 4.78 is 5.03. The van der Waals surface area contributed by atoms with E-state index < -0.39 is 29.7 Å². The molecular weight excluding hydrogens is 300 g/mol. The van der Waals surface area contributed by atoms with E-state index in [-0.39, 0.29) is 16.9 Å². The number of carbonyl (C=O) groups is 2. The van der Waals surface area contributed by atoms with Crippen LogP contribution in [0.25, 0.3) is 0 Å². The molecule has 23 heavy (non-hydrogen) atoms. The van der Waals surface area contributed by atoms with Gasteiger partial charge in [0.15, 0.2) is 5.78 Å². The molecule has 6 nitrogen and oxygen atoms in total. The molecule has 0 aliphatic heterocycles. The Kier molecular flexibility index (Phi) is 7.02. The molecule has 6 heteroatoms. The Morgan fingerprint density at radius 3 is 2.48 bits per heavy atom. The highest BCUT2D eigenvalue weighted by Gasteiger charge is 2.25. The van der Waals surface area contributed by atoms with Crippen LogP contribution in [0.4, 0.5) is 0 Å². The molecular formula is C17H20O6. The number of unbranched alkanes of at least 4 members (excludes halogenated alkanes) is 1. The highest BCUT2D eigenvalue weighted by molar-refractivity contribution is 6.11. The molecule has 1 aromatic rings. The largest absolute Gasteiger partial charge is 0.506 e. The third-order valence-electron chi connectivity index (χ3n) is 3.15. The Morgan fingerprint density at radius 1 is 1.26 bits per heavy atom. The molecule has 124 valence electrons. The molecule has 1 rings (SSSR count). The lowest BCUT2D eigenvalue weighted by Gasteiger charge is -2.13. The molecule has 0 heterocycles. The lowest BCUT2D eigenvalue weighted by atomic mass is 9.98. The Balaban J connectivity index is 3.31. The van der Waals surface area contributed by atoms with E-state index >= 15 is 0 Å². The van der Waals surface area contributed by atoms with Crippen LogP contribution in [0.5, 0.6) is 11.5 Å². The lowest BCUT2D eigenvalue weighted by Crippen LogP contribution is -2.09. The average Bonchev–Trinajstić information content (AvgIpc) is 2.52. The van der Waals surface area contributed by atoms with Crippen molar-refractivity contribution in [2.75, 3.05) is 7.11 Å². The minimum atomic E-state index is -1.44. The summed E-state index contributed by atoms with van der Waals surface area (Å²) in [6.45, 7) is 1.42. The van der Waals surface area contributed by atoms with E-state index in [9.17, 15) is 19.8 Å². The molecule has 0 bridgehead atoms. The molecule has 0 saturated heterocycles. The number of carboxylic acid groups (broad SMARTS) is 1. The zero-order valence-electron chi connectivity index (χ0n) is 13.1. The van der Waals surface area contributed by atoms with Gasteiger partial charge in [0.2, 0.25) is 0 Å². The second kappa shape index (κ2) is 8.75. The number of hydrogen-bond donors (Lipinski definition) is 3. The number of allylic oxidation sites excluding steroid dienone is 4. The molecule has 0 aliphatic carbocycles. The predicted molar refractivity (Wildman–Crippen MR) is 85.1 cm³/mol. The van der Waals surface area contributed by atoms with Crippen LogP contribution in [-0.2, 0) is 6.61 Å². The number of benzene rings is 1. The molecule has 1 aromatic carbocycles. The van der Waals surface area contributed by atoms with E-state index in [0.717, 1.165) is 12.8 Å². The van der Waals surface area contributed by atoms with Gasteiger partial charge >= 0.3 is 5.97 Å². The van der Waals surface area contributed by atoms with E-state index in [1.807, 2.05) is 13.0 Å². The van der Waals surface area contributed by atoms with Crippen LogP contribution in [0.15, 0.2) is 30.4 Å².